The Labute approximate surface area is 105 Å². The second kappa shape index (κ2) is 5.05. The lowest BCUT2D eigenvalue weighted by Crippen LogP contribution is -2.12. The minimum absolute atomic E-state index is 0.114. The topological polar surface area (TPSA) is 66.9 Å². The van der Waals surface area contributed by atoms with Crippen molar-refractivity contribution in [3.8, 4) is 0 Å². The molecule has 0 atom stereocenters. The lowest BCUT2D eigenvalue weighted by Gasteiger charge is -2.07. The molecule has 0 aliphatic heterocycles. The van der Waals surface area contributed by atoms with Gasteiger partial charge in [-0.25, -0.2) is 8.78 Å². The van der Waals surface area contributed by atoms with Crippen LogP contribution in [0.5, 0.6) is 0 Å². The highest BCUT2D eigenvalue weighted by atomic mass is 32.1. The SMILES string of the molecule is CNc1c(F)cc(C(=O)Nc2cnns2)cc1F. The molecule has 94 valence electrons. The van der Waals surface area contributed by atoms with Gasteiger partial charge < -0.3 is 10.6 Å². The number of amides is 1. The number of hydrogen-bond donors (Lipinski definition) is 2. The van der Waals surface area contributed by atoms with Crippen molar-refractivity contribution in [2.45, 2.75) is 0 Å². The van der Waals surface area contributed by atoms with E-state index in [2.05, 4.69) is 20.2 Å². The number of halogens is 2. The highest BCUT2D eigenvalue weighted by Crippen LogP contribution is 2.21. The minimum Gasteiger partial charge on any atom is -0.383 e. The van der Waals surface area contributed by atoms with Crippen LogP contribution in [0.1, 0.15) is 10.4 Å². The predicted molar refractivity (Wildman–Crippen MR) is 63.8 cm³/mol. The number of hydrogen-bond acceptors (Lipinski definition) is 5. The van der Waals surface area contributed by atoms with Crippen LogP contribution in [0, 0.1) is 11.6 Å². The summed E-state index contributed by atoms with van der Waals surface area (Å²) in [4.78, 5) is 11.7. The standard InChI is InChI=1S/C10H8F2N4OS/c1-13-9-6(11)2-5(3-7(9)12)10(17)15-8-4-14-16-18-8/h2-4,13H,1H3,(H,15,17). The van der Waals surface area contributed by atoms with Gasteiger partial charge in [-0.3, -0.25) is 4.79 Å². The summed E-state index contributed by atoms with van der Waals surface area (Å²) in [5, 5.41) is 8.73. The van der Waals surface area contributed by atoms with Gasteiger partial charge in [0, 0.05) is 24.1 Å². The number of rotatable bonds is 3. The van der Waals surface area contributed by atoms with Crippen LogP contribution in [0.25, 0.3) is 0 Å². The van der Waals surface area contributed by atoms with Gasteiger partial charge in [-0.2, -0.15) is 0 Å². The van der Waals surface area contributed by atoms with E-state index in [9.17, 15) is 13.6 Å². The molecule has 2 aromatic rings. The summed E-state index contributed by atoms with van der Waals surface area (Å²) in [7, 11) is 1.39. The van der Waals surface area contributed by atoms with Crippen molar-refractivity contribution in [3.05, 3.63) is 35.5 Å². The van der Waals surface area contributed by atoms with Crippen LogP contribution < -0.4 is 10.6 Å². The number of carbonyl (C=O) groups is 1. The largest absolute Gasteiger partial charge is 0.383 e. The van der Waals surface area contributed by atoms with Crippen LogP contribution in [0.3, 0.4) is 0 Å². The summed E-state index contributed by atoms with van der Waals surface area (Å²) in [6.45, 7) is 0. The number of nitrogens with zero attached hydrogens (tertiary/aromatic N) is 2. The summed E-state index contributed by atoms with van der Waals surface area (Å²) in [5.41, 5.74) is -0.386. The zero-order valence-corrected chi connectivity index (χ0v) is 10.0. The molecule has 0 fully saturated rings. The van der Waals surface area contributed by atoms with Gasteiger partial charge in [-0.15, -0.1) is 5.10 Å². The fraction of sp³-hybridized carbons (Fsp3) is 0.100. The third-order valence-electron chi connectivity index (χ3n) is 2.15. The molecule has 8 heteroatoms. The van der Waals surface area contributed by atoms with E-state index in [1.807, 2.05) is 0 Å². The first kappa shape index (κ1) is 12.4. The second-order valence-corrected chi connectivity index (χ2v) is 4.09. The molecular weight excluding hydrogens is 262 g/mol. The average molecular weight is 270 g/mol. The van der Waals surface area contributed by atoms with Crippen molar-refractivity contribution in [1.82, 2.24) is 9.59 Å². The summed E-state index contributed by atoms with van der Waals surface area (Å²) in [5.74, 6) is -2.28. The third-order valence-corrected chi connectivity index (χ3v) is 2.73. The van der Waals surface area contributed by atoms with Crippen molar-refractivity contribution in [2.75, 3.05) is 17.7 Å². The minimum atomic E-state index is -0.829. The van der Waals surface area contributed by atoms with Crippen molar-refractivity contribution >= 4 is 28.1 Å². The molecule has 0 aliphatic rings. The van der Waals surface area contributed by atoms with E-state index >= 15 is 0 Å². The monoisotopic (exact) mass is 270 g/mol. The van der Waals surface area contributed by atoms with Crippen LogP contribution >= 0.6 is 11.5 Å². The first-order chi connectivity index (χ1) is 8.61. The van der Waals surface area contributed by atoms with Crippen LogP contribution in [0.4, 0.5) is 19.5 Å². The Morgan fingerprint density at radius 2 is 2.00 bits per heavy atom. The van der Waals surface area contributed by atoms with E-state index in [1.165, 1.54) is 13.2 Å². The second-order valence-electron chi connectivity index (χ2n) is 3.30. The molecule has 1 aromatic carbocycles. The molecular formula is C10H8F2N4OS. The van der Waals surface area contributed by atoms with E-state index in [4.69, 9.17) is 0 Å². The van der Waals surface area contributed by atoms with Crippen LogP contribution in [-0.2, 0) is 0 Å². The number of anilines is 2. The first-order valence-corrected chi connectivity index (χ1v) is 5.64. The van der Waals surface area contributed by atoms with Gasteiger partial charge in [0.25, 0.3) is 5.91 Å². The number of aromatic nitrogens is 2. The van der Waals surface area contributed by atoms with Gasteiger partial charge >= 0.3 is 0 Å². The van der Waals surface area contributed by atoms with E-state index in [0.717, 1.165) is 23.7 Å². The molecule has 0 aliphatic carbocycles. The molecule has 2 rings (SSSR count). The fourth-order valence-corrected chi connectivity index (χ4v) is 1.76. The van der Waals surface area contributed by atoms with Gasteiger partial charge in [-0.1, -0.05) is 4.49 Å². The smallest absolute Gasteiger partial charge is 0.256 e. The summed E-state index contributed by atoms with van der Waals surface area (Å²) in [6, 6.07) is 1.91. The number of carbonyl (C=O) groups excluding carboxylic acids is 1. The predicted octanol–water partition coefficient (Wildman–Crippen LogP) is 2.11. The van der Waals surface area contributed by atoms with Crippen LogP contribution in [0.15, 0.2) is 18.3 Å². The van der Waals surface area contributed by atoms with Crippen molar-refractivity contribution in [3.63, 3.8) is 0 Å². The Bertz CT molecular complexity index is 550. The molecule has 5 nitrogen and oxygen atoms in total. The van der Waals surface area contributed by atoms with Gasteiger partial charge in [0.1, 0.15) is 22.3 Å². The Kier molecular flexibility index (Phi) is 3.47. The molecule has 0 radical (unpaired) electrons. The van der Waals surface area contributed by atoms with Gasteiger partial charge in [-0.05, 0) is 12.1 Å². The van der Waals surface area contributed by atoms with E-state index in [1.54, 1.807) is 0 Å². The van der Waals surface area contributed by atoms with Crippen molar-refractivity contribution in [1.29, 1.82) is 0 Å². The van der Waals surface area contributed by atoms with Crippen molar-refractivity contribution in [2.24, 2.45) is 0 Å². The van der Waals surface area contributed by atoms with Gasteiger partial charge in [0.15, 0.2) is 0 Å². The molecule has 18 heavy (non-hydrogen) atoms. The Hall–Kier alpha value is -2.09. The summed E-state index contributed by atoms with van der Waals surface area (Å²) in [6.07, 6.45) is 1.34. The molecule has 2 N–H and O–H groups in total. The maximum absolute atomic E-state index is 13.4. The first-order valence-electron chi connectivity index (χ1n) is 4.87. The van der Waals surface area contributed by atoms with E-state index in [0.29, 0.717) is 5.00 Å². The molecule has 0 saturated heterocycles. The maximum Gasteiger partial charge on any atom is 0.256 e. The molecule has 1 heterocycles. The molecule has 1 aromatic heterocycles. The molecule has 0 bridgehead atoms. The molecule has 0 spiro atoms. The van der Waals surface area contributed by atoms with Gasteiger partial charge in [0.05, 0.1) is 6.20 Å². The Morgan fingerprint density at radius 3 is 2.50 bits per heavy atom. The van der Waals surface area contributed by atoms with Crippen LogP contribution in [0.2, 0.25) is 0 Å². The van der Waals surface area contributed by atoms with Gasteiger partial charge in [0.2, 0.25) is 0 Å². The highest BCUT2D eigenvalue weighted by molar-refractivity contribution is 7.10. The fourth-order valence-electron chi connectivity index (χ4n) is 1.35. The third kappa shape index (κ3) is 2.43. The highest BCUT2D eigenvalue weighted by Gasteiger charge is 2.14. The quantitative estimate of drug-likeness (QED) is 0.896. The van der Waals surface area contributed by atoms with E-state index < -0.39 is 17.5 Å². The average Bonchev–Trinajstić information content (AvgIpc) is 2.81. The number of benzene rings is 1. The molecule has 1 amide bonds. The molecule has 0 saturated carbocycles. The van der Waals surface area contributed by atoms with Crippen molar-refractivity contribution < 1.29 is 13.6 Å². The Balaban J connectivity index is 2.26. The van der Waals surface area contributed by atoms with Crippen LogP contribution in [-0.4, -0.2) is 22.5 Å². The normalized spacial score (nSPS) is 10.2. The zero-order chi connectivity index (χ0) is 13.1. The number of nitrogens with one attached hydrogen (secondary N) is 2. The summed E-state index contributed by atoms with van der Waals surface area (Å²) < 4.78 is 30.4. The Morgan fingerprint density at radius 1 is 1.33 bits per heavy atom. The summed E-state index contributed by atoms with van der Waals surface area (Å²) >= 11 is 0.969. The lowest BCUT2D eigenvalue weighted by atomic mass is 10.1. The van der Waals surface area contributed by atoms with E-state index in [-0.39, 0.29) is 11.3 Å². The zero-order valence-electron chi connectivity index (χ0n) is 9.20. The maximum atomic E-state index is 13.4. The lowest BCUT2D eigenvalue weighted by molar-refractivity contribution is 0.102. The molecule has 0 unspecified atom stereocenters.